The third-order valence-electron chi connectivity index (χ3n) is 3.07. The fourth-order valence-electron chi connectivity index (χ4n) is 2.17. The second-order valence-corrected chi connectivity index (χ2v) is 5.52. The van der Waals surface area contributed by atoms with Gasteiger partial charge in [-0.25, -0.2) is 4.52 Å². The zero-order chi connectivity index (χ0) is 11.8. The lowest BCUT2D eigenvalue weighted by atomic mass is 10.2. The van der Waals surface area contributed by atoms with E-state index < -0.39 is 0 Å². The van der Waals surface area contributed by atoms with Gasteiger partial charge in [0.15, 0.2) is 0 Å². The molecule has 0 bridgehead atoms. The van der Waals surface area contributed by atoms with Gasteiger partial charge >= 0.3 is 0 Å². The maximum Gasteiger partial charge on any atom is 0.257 e. The van der Waals surface area contributed by atoms with Crippen molar-refractivity contribution in [3.05, 3.63) is 36.2 Å². The summed E-state index contributed by atoms with van der Waals surface area (Å²) in [5.74, 6) is 0.0770. The van der Waals surface area contributed by atoms with Gasteiger partial charge in [-0.3, -0.25) is 4.79 Å². The first kappa shape index (κ1) is 10.8. The summed E-state index contributed by atoms with van der Waals surface area (Å²) in [5, 5.41) is 4.19. The number of nitrogens with zero attached hydrogens (tertiary/aromatic N) is 3. The van der Waals surface area contributed by atoms with Crippen molar-refractivity contribution in [2.45, 2.75) is 11.2 Å². The van der Waals surface area contributed by atoms with E-state index in [9.17, 15) is 4.79 Å². The van der Waals surface area contributed by atoms with Gasteiger partial charge in [0, 0.05) is 24.1 Å². The van der Waals surface area contributed by atoms with Gasteiger partial charge in [0.25, 0.3) is 5.91 Å². The first-order valence-electron chi connectivity index (χ1n) is 5.61. The van der Waals surface area contributed by atoms with E-state index in [-0.39, 0.29) is 5.91 Å². The highest BCUT2D eigenvalue weighted by atomic mass is 79.9. The molecule has 1 amide bonds. The topological polar surface area (TPSA) is 37.6 Å². The molecule has 1 aliphatic rings. The van der Waals surface area contributed by atoms with Crippen molar-refractivity contribution in [1.82, 2.24) is 14.5 Å². The molecule has 3 heterocycles. The molecule has 4 nitrogen and oxygen atoms in total. The van der Waals surface area contributed by atoms with Crippen LogP contribution in [0.15, 0.2) is 30.6 Å². The molecule has 0 aliphatic carbocycles. The highest BCUT2D eigenvalue weighted by Gasteiger charge is 2.26. The van der Waals surface area contributed by atoms with E-state index >= 15 is 0 Å². The number of pyridine rings is 1. The van der Waals surface area contributed by atoms with E-state index in [0.717, 1.165) is 25.0 Å². The average Bonchev–Trinajstić information content (AvgIpc) is 2.94. The second kappa shape index (κ2) is 4.14. The number of aromatic nitrogens is 2. The highest BCUT2D eigenvalue weighted by Crippen LogP contribution is 2.20. The highest BCUT2D eigenvalue weighted by molar-refractivity contribution is 9.09. The lowest BCUT2D eigenvalue weighted by Crippen LogP contribution is -2.28. The van der Waals surface area contributed by atoms with Gasteiger partial charge in [-0.15, -0.1) is 0 Å². The molecule has 5 heteroatoms. The molecule has 2 aromatic heterocycles. The molecule has 1 saturated heterocycles. The molecule has 1 unspecified atom stereocenters. The SMILES string of the molecule is O=C(c1cnn2ccccc12)N1CCC(Br)C1. The molecule has 88 valence electrons. The predicted molar refractivity (Wildman–Crippen MR) is 68.4 cm³/mol. The molecule has 0 saturated carbocycles. The van der Waals surface area contributed by atoms with Crippen LogP contribution in [0.25, 0.3) is 5.52 Å². The monoisotopic (exact) mass is 293 g/mol. The van der Waals surface area contributed by atoms with E-state index in [0.29, 0.717) is 10.4 Å². The van der Waals surface area contributed by atoms with Crippen LogP contribution in [0.1, 0.15) is 16.8 Å². The number of likely N-dealkylation sites (tertiary alicyclic amines) is 1. The predicted octanol–water partition coefficient (Wildman–Crippen LogP) is 1.94. The van der Waals surface area contributed by atoms with Crippen molar-refractivity contribution in [2.75, 3.05) is 13.1 Å². The van der Waals surface area contributed by atoms with Gasteiger partial charge in [0.05, 0.1) is 17.3 Å². The second-order valence-electron chi connectivity index (χ2n) is 4.23. The average molecular weight is 294 g/mol. The number of rotatable bonds is 1. The van der Waals surface area contributed by atoms with Crippen molar-refractivity contribution >= 4 is 27.4 Å². The van der Waals surface area contributed by atoms with Crippen molar-refractivity contribution in [3.63, 3.8) is 0 Å². The Balaban J connectivity index is 1.96. The molecule has 2 aromatic rings. The molecule has 0 N–H and O–H groups in total. The third-order valence-corrected chi connectivity index (χ3v) is 3.82. The van der Waals surface area contributed by atoms with E-state index in [2.05, 4.69) is 21.0 Å². The first-order chi connectivity index (χ1) is 8.25. The largest absolute Gasteiger partial charge is 0.337 e. The summed E-state index contributed by atoms with van der Waals surface area (Å²) >= 11 is 3.55. The molecule has 1 aliphatic heterocycles. The van der Waals surface area contributed by atoms with Crippen molar-refractivity contribution in [2.24, 2.45) is 0 Å². The maximum absolute atomic E-state index is 12.3. The van der Waals surface area contributed by atoms with Crippen LogP contribution in [0, 0.1) is 0 Å². The first-order valence-corrected chi connectivity index (χ1v) is 6.53. The fraction of sp³-hybridized carbons (Fsp3) is 0.333. The summed E-state index contributed by atoms with van der Waals surface area (Å²) in [6.45, 7) is 1.60. The van der Waals surface area contributed by atoms with Crippen LogP contribution in [-0.2, 0) is 0 Å². The summed E-state index contributed by atoms with van der Waals surface area (Å²) in [6, 6.07) is 5.74. The van der Waals surface area contributed by atoms with Crippen LogP contribution >= 0.6 is 15.9 Å². The number of alkyl halides is 1. The van der Waals surface area contributed by atoms with Crippen LogP contribution in [0.2, 0.25) is 0 Å². The Hall–Kier alpha value is -1.36. The van der Waals surface area contributed by atoms with Crippen LogP contribution in [-0.4, -0.2) is 38.3 Å². The Morgan fingerprint density at radius 3 is 3.12 bits per heavy atom. The smallest absolute Gasteiger partial charge is 0.257 e. The Morgan fingerprint density at radius 1 is 1.47 bits per heavy atom. The Bertz CT molecular complexity index is 566. The van der Waals surface area contributed by atoms with Gasteiger partial charge < -0.3 is 4.90 Å². The van der Waals surface area contributed by atoms with E-state index in [1.165, 1.54) is 0 Å². The zero-order valence-corrected chi connectivity index (χ0v) is 10.8. The molecule has 1 fully saturated rings. The molecular formula is C12H12BrN3O. The van der Waals surface area contributed by atoms with E-state index in [1.807, 2.05) is 29.3 Å². The lowest BCUT2D eigenvalue weighted by Gasteiger charge is -2.14. The minimum Gasteiger partial charge on any atom is -0.337 e. The van der Waals surface area contributed by atoms with E-state index in [4.69, 9.17) is 0 Å². The van der Waals surface area contributed by atoms with Crippen molar-refractivity contribution in [3.8, 4) is 0 Å². The third kappa shape index (κ3) is 1.84. The van der Waals surface area contributed by atoms with Gasteiger partial charge in [-0.1, -0.05) is 22.0 Å². The molecule has 1 atom stereocenters. The number of carbonyl (C=O) groups is 1. The van der Waals surface area contributed by atoms with Crippen LogP contribution in [0.4, 0.5) is 0 Å². The normalized spacial score (nSPS) is 20.1. The van der Waals surface area contributed by atoms with Gasteiger partial charge in [-0.2, -0.15) is 5.10 Å². The molecule has 0 spiro atoms. The molecule has 17 heavy (non-hydrogen) atoms. The molecular weight excluding hydrogens is 282 g/mol. The van der Waals surface area contributed by atoms with Crippen LogP contribution in [0.5, 0.6) is 0 Å². The fourth-order valence-corrected chi connectivity index (χ4v) is 2.73. The standard InChI is InChI=1S/C12H12BrN3O/c13-9-4-6-15(8-9)12(17)10-7-14-16-5-2-1-3-11(10)16/h1-3,5,7,9H,4,6,8H2. The minimum absolute atomic E-state index is 0.0770. The van der Waals surface area contributed by atoms with Crippen LogP contribution in [0.3, 0.4) is 0 Å². The minimum atomic E-state index is 0.0770. The maximum atomic E-state index is 12.3. The number of fused-ring (bicyclic) bond motifs is 1. The summed E-state index contributed by atoms with van der Waals surface area (Å²) in [5.41, 5.74) is 1.56. The van der Waals surface area contributed by atoms with Crippen LogP contribution < -0.4 is 0 Å². The molecule has 0 radical (unpaired) electrons. The number of halogens is 1. The van der Waals surface area contributed by atoms with E-state index in [1.54, 1.807) is 10.7 Å². The number of carbonyl (C=O) groups excluding carboxylic acids is 1. The van der Waals surface area contributed by atoms with Gasteiger partial charge in [-0.05, 0) is 18.6 Å². The Labute approximate surface area is 107 Å². The number of hydrogen-bond acceptors (Lipinski definition) is 2. The molecule has 3 rings (SSSR count). The quantitative estimate of drug-likeness (QED) is 0.754. The summed E-state index contributed by atoms with van der Waals surface area (Å²) in [6.07, 6.45) is 4.52. The van der Waals surface area contributed by atoms with Crippen molar-refractivity contribution in [1.29, 1.82) is 0 Å². The Morgan fingerprint density at radius 2 is 2.35 bits per heavy atom. The summed E-state index contributed by atoms with van der Waals surface area (Å²) < 4.78 is 1.73. The van der Waals surface area contributed by atoms with Gasteiger partial charge in [0.2, 0.25) is 0 Å². The van der Waals surface area contributed by atoms with Crippen molar-refractivity contribution < 1.29 is 4.79 Å². The van der Waals surface area contributed by atoms with Gasteiger partial charge in [0.1, 0.15) is 0 Å². The molecule has 0 aromatic carbocycles. The number of amides is 1. The summed E-state index contributed by atoms with van der Waals surface area (Å²) in [7, 11) is 0. The zero-order valence-electron chi connectivity index (χ0n) is 9.21. The summed E-state index contributed by atoms with van der Waals surface area (Å²) in [4.78, 5) is 14.6. The lowest BCUT2D eigenvalue weighted by molar-refractivity contribution is 0.0795. The Kier molecular flexibility index (Phi) is 2.63. The number of hydrogen-bond donors (Lipinski definition) is 0.